The number of rotatable bonds is 4. The first-order valence-electron chi connectivity index (χ1n) is 4.86. The van der Waals surface area contributed by atoms with Gasteiger partial charge in [-0.3, -0.25) is 4.79 Å². The Balaban J connectivity index is 3.12. The number of allylic oxidation sites excluding steroid dienone is 1. The summed E-state index contributed by atoms with van der Waals surface area (Å²) in [6.07, 6.45) is 3.75. The van der Waals surface area contributed by atoms with Gasteiger partial charge in [-0.25, -0.2) is 0 Å². The molecule has 0 aromatic carbocycles. The van der Waals surface area contributed by atoms with E-state index in [1.165, 1.54) is 0 Å². The van der Waals surface area contributed by atoms with E-state index in [-0.39, 0.29) is 0 Å². The predicted molar refractivity (Wildman–Crippen MR) is 58.8 cm³/mol. The van der Waals surface area contributed by atoms with Crippen LogP contribution in [0.1, 0.15) is 41.1 Å². The maximum Gasteiger partial charge on any atom is 0.151 e. The van der Waals surface area contributed by atoms with Crippen molar-refractivity contribution in [2.24, 2.45) is 0 Å². The Bertz CT molecular complexity index is 349. The number of carbonyl (C=O) groups is 1. The molecule has 0 saturated carbocycles. The second-order valence-electron chi connectivity index (χ2n) is 3.69. The van der Waals surface area contributed by atoms with Gasteiger partial charge in [-0.15, -0.1) is 6.58 Å². The monoisotopic (exact) mass is 191 g/mol. The van der Waals surface area contributed by atoms with Crippen molar-refractivity contribution in [3.8, 4) is 0 Å². The van der Waals surface area contributed by atoms with Crippen LogP contribution in [0.2, 0.25) is 0 Å². The summed E-state index contributed by atoms with van der Waals surface area (Å²) >= 11 is 0. The third-order valence-electron chi connectivity index (χ3n) is 2.60. The molecule has 0 amide bonds. The van der Waals surface area contributed by atoms with E-state index in [4.69, 9.17) is 0 Å². The van der Waals surface area contributed by atoms with Crippen molar-refractivity contribution in [1.82, 2.24) is 4.57 Å². The SMILES string of the molecule is C=CCC(C)n1c(C)cc(C=O)c1C. The number of aryl methyl sites for hydroxylation is 1. The highest BCUT2D eigenvalue weighted by Gasteiger charge is 2.12. The van der Waals surface area contributed by atoms with Crippen LogP contribution in [-0.2, 0) is 0 Å². The Labute approximate surface area is 85.2 Å². The summed E-state index contributed by atoms with van der Waals surface area (Å²) in [6, 6.07) is 2.31. The van der Waals surface area contributed by atoms with Crippen molar-refractivity contribution in [2.45, 2.75) is 33.2 Å². The Morgan fingerprint density at radius 2 is 2.21 bits per heavy atom. The van der Waals surface area contributed by atoms with Crippen molar-refractivity contribution >= 4 is 6.29 Å². The number of carbonyl (C=O) groups excluding carboxylic acids is 1. The van der Waals surface area contributed by atoms with Gasteiger partial charge in [0.05, 0.1) is 0 Å². The highest BCUT2D eigenvalue weighted by atomic mass is 16.1. The van der Waals surface area contributed by atoms with Crippen molar-refractivity contribution in [3.63, 3.8) is 0 Å². The number of aldehydes is 1. The summed E-state index contributed by atoms with van der Waals surface area (Å²) < 4.78 is 2.19. The maximum absolute atomic E-state index is 10.7. The van der Waals surface area contributed by atoms with Crippen LogP contribution in [0, 0.1) is 13.8 Å². The van der Waals surface area contributed by atoms with Crippen LogP contribution < -0.4 is 0 Å². The predicted octanol–water partition coefficient (Wildman–Crippen LogP) is 3.05. The molecule has 1 heterocycles. The fourth-order valence-electron chi connectivity index (χ4n) is 1.95. The first kappa shape index (κ1) is 10.8. The maximum atomic E-state index is 10.7. The number of hydrogen-bond donors (Lipinski definition) is 0. The molecule has 76 valence electrons. The highest BCUT2D eigenvalue weighted by molar-refractivity contribution is 5.77. The van der Waals surface area contributed by atoms with E-state index in [0.29, 0.717) is 6.04 Å². The van der Waals surface area contributed by atoms with Crippen molar-refractivity contribution in [3.05, 3.63) is 35.7 Å². The molecule has 1 atom stereocenters. The topological polar surface area (TPSA) is 22.0 Å². The lowest BCUT2D eigenvalue weighted by Gasteiger charge is -2.16. The van der Waals surface area contributed by atoms with Crippen molar-refractivity contribution in [1.29, 1.82) is 0 Å². The second-order valence-corrected chi connectivity index (χ2v) is 3.69. The number of hydrogen-bond acceptors (Lipinski definition) is 1. The largest absolute Gasteiger partial charge is 0.345 e. The molecule has 2 heteroatoms. The lowest BCUT2D eigenvalue weighted by atomic mass is 10.2. The molecule has 1 aromatic heterocycles. The zero-order chi connectivity index (χ0) is 10.7. The average Bonchev–Trinajstić information content (AvgIpc) is 2.41. The van der Waals surface area contributed by atoms with Crippen LogP contribution in [0.5, 0.6) is 0 Å². The normalized spacial score (nSPS) is 12.5. The first-order chi connectivity index (χ1) is 6.61. The van der Waals surface area contributed by atoms with Crippen LogP contribution in [0.25, 0.3) is 0 Å². The van der Waals surface area contributed by atoms with Crippen molar-refractivity contribution < 1.29 is 4.79 Å². The van der Waals surface area contributed by atoms with E-state index < -0.39 is 0 Å². The molecular weight excluding hydrogens is 174 g/mol. The smallest absolute Gasteiger partial charge is 0.151 e. The lowest BCUT2D eigenvalue weighted by Crippen LogP contribution is -2.08. The van der Waals surface area contributed by atoms with Gasteiger partial charge in [0.15, 0.2) is 6.29 Å². The van der Waals surface area contributed by atoms with Gasteiger partial charge in [0.1, 0.15) is 0 Å². The van der Waals surface area contributed by atoms with E-state index in [1.54, 1.807) is 0 Å². The Hall–Kier alpha value is -1.31. The molecule has 1 rings (SSSR count). The van der Waals surface area contributed by atoms with Crippen LogP contribution >= 0.6 is 0 Å². The molecule has 0 bridgehead atoms. The minimum Gasteiger partial charge on any atom is -0.345 e. The number of nitrogens with zero attached hydrogens (tertiary/aromatic N) is 1. The van der Waals surface area contributed by atoms with E-state index in [1.807, 2.05) is 26.0 Å². The third-order valence-corrected chi connectivity index (χ3v) is 2.60. The summed E-state index contributed by atoms with van der Waals surface area (Å²) in [5, 5.41) is 0. The van der Waals surface area contributed by atoms with Gasteiger partial charge in [-0.1, -0.05) is 6.08 Å². The van der Waals surface area contributed by atoms with Crippen LogP contribution in [0.4, 0.5) is 0 Å². The van der Waals surface area contributed by atoms with Gasteiger partial charge in [-0.05, 0) is 33.3 Å². The van der Waals surface area contributed by atoms with E-state index >= 15 is 0 Å². The van der Waals surface area contributed by atoms with Crippen LogP contribution in [0.3, 0.4) is 0 Å². The second kappa shape index (κ2) is 4.27. The molecule has 2 nitrogen and oxygen atoms in total. The first-order valence-corrected chi connectivity index (χ1v) is 4.86. The molecule has 0 spiro atoms. The molecule has 14 heavy (non-hydrogen) atoms. The summed E-state index contributed by atoms with van der Waals surface area (Å²) in [7, 11) is 0. The van der Waals surface area contributed by atoms with Crippen molar-refractivity contribution in [2.75, 3.05) is 0 Å². The highest BCUT2D eigenvalue weighted by Crippen LogP contribution is 2.21. The quantitative estimate of drug-likeness (QED) is 0.529. The molecule has 1 unspecified atom stereocenters. The van der Waals surface area contributed by atoms with Gasteiger partial charge in [-0.2, -0.15) is 0 Å². The van der Waals surface area contributed by atoms with Gasteiger partial charge in [0.25, 0.3) is 0 Å². The van der Waals surface area contributed by atoms with Gasteiger partial charge in [0, 0.05) is 23.0 Å². The molecule has 0 aliphatic rings. The van der Waals surface area contributed by atoms with E-state index in [2.05, 4.69) is 18.1 Å². The zero-order valence-corrected chi connectivity index (χ0v) is 9.08. The Morgan fingerprint density at radius 1 is 1.57 bits per heavy atom. The summed E-state index contributed by atoms with van der Waals surface area (Å²) in [5.74, 6) is 0. The third kappa shape index (κ3) is 1.79. The van der Waals surface area contributed by atoms with Gasteiger partial charge < -0.3 is 4.57 Å². The average molecular weight is 191 g/mol. The minimum absolute atomic E-state index is 0.376. The van der Waals surface area contributed by atoms with E-state index in [0.717, 1.165) is 29.7 Å². The van der Waals surface area contributed by atoms with Gasteiger partial charge in [0.2, 0.25) is 0 Å². The molecule has 0 radical (unpaired) electrons. The Morgan fingerprint density at radius 3 is 2.64 bits per heavy atom. The fourth-order valence-corrected chi connectivity index (χ4v) is 1.95. The Kier molecular flexibility index (Phi) is 3.28. The zero-order valence-electron chi connectivity index (χ0n) is 9.08. The standard InChI is InChI=1S/C12H17NO/c1-5-6-9(2)13-10(3)7-12(8-14)11(13)4/h5,7-9H,1,6H2,2-4H3. The fraction of sp³-hybridized carbons (Fsp3) is 0.417. The van der Waals surface area contributed by atoms with E-state index in [9.17, 15) is 4.79 Å². The molecule has 0 aliphatic heterocycles. The molecule has 0 saturated heterocycles. The lowest BCUT2D eigenvalue weighted by molar-refractivity contribution is 0.112. The molecule has 0 aliphatic carbocycles. The molecule has 0 N–H and O–H groups in total. The van der Waals surface area contributed by atoms with Gasteiger partial charge >= 0.3 is 0 Å². The van der Waals surface area contributed by atoms with Crippen LogP contribution in [-0.4, -0.2) is 10.9 Å². The minimum atomic E-state index is 0.376. The summed E-state index contributed by atoms with van der Waals surface area (Å²) in [4.78, 5) is 10.7. The van der Waals surface area contributed by atoms with Crippen LogP contribution in [0.15, 0.2) is 18.7 Å². The molecular formula is C12H17NO. The number of aromatic nitrogens is 1. The summed E-state index contributed by atoms with van der Waals surface area (Å²) in [5.41, 5.74) is 2.98. The molecule has 1 aromatic rings. The summed E-state index contributed by atoms with van der Waals surface area (Å²) in [6.45, 7) is 9.87. The molecule has 0 fully saturated rings.